The molecule has 1 fully saturated rings. The van der Waals surface area contributed by atoms with Gasteiger partial charge in [-0.05, 0) is 31.5 Å². The summed E-state index contributed by atoms with van der Waals surface area (Å²) in [5.74, 6) is -0.138. The Morgan fingerprint density at radius 3 is 2.77 bits per heavy atom. The molecule has 4 nitrogen and oxygen atoms in total. The van der Waals surface area contributed by atoms with Crippen LogP contribution in [0.15, 0.2) is 35.1 Å². The summed E-state index contributed by atoms with van der Waals surface area (Å²) in [6.45, 7) is 5.97. The van der Waals surface area contributed by atoms with Crippen LogP contribution in [-0.4, -0.2) is 41.5 Å². The lowest BCUT2D eigenvalue weighted by Crippen LogP contribution is -2.36. The van der Waals surface area contributed by atoms with Crippen LogP contribution in [0.2, 0.25) is 0 Å². The van der Waals surface area contributed by atoms with Crippen LogP contribution in [0.3, 0.4) is 0 Å². The normalized spacial score (nSPS) is 19.7. The molecule has 0 amide bonds. The van der Waals surface area contributed by atoms with E-state index in [1.165, 1.54) is 6.07 Å². The number of halogens is 2. The first-order valence-corrected chi connectivity index (χ1v) is 7.18. The molecule has 0 N–H and O–H groups in total. The van der Waals surface area contributed by atoms with Crippen LogP contribution in [-0.2, 0) is 11.3 Å². The number of ether oxygens (including phenoxy) is 1. The molecule has 3 rings (SSSR count). The van der Waals surface area contributed by atoms with Gasteiger partial charge in [0, 0.05) is 19.7 Å². The molecular weight excluding hydrogens is 288 g/mol. The van der Waals surface area contributed by atoms with E-state index in [2.05, 4.69) is 28.6 Å². The van der Waals surface area contributed by atoms with E-state index in [9.17, 15) is 8.78 Å². The van der Waals surface area contributed by atoms with Gasteiger partial charge in [0.2, 0.25) is 5.90 Å². The van der Waals surface area contributed by atoms with E-state index < -0.39 is 11.6 Å². The summed E-state index contributed by atoms with van der Waals surface area (Å²) in [7, 11) is 2.05. The standard InChI is InChI=1S/C16H19F2N3O/c1-16(2)9-21-10-19-14(7-15(21)20(16)3)22-8-11-4-5-12(17)13(18)6-11/h4-7H,8-10H2,1-3H3. The monoisotopic (exact) mass is 307 g/mol. The molecule has 6 heteroatoms. The van der Waals surface area contributed by atoms with Crippen molar-refractivity contribution in [3.8, 4) is 0 Å². The Hall–Kier alpha value is -2.11. The van der Waals surface area contributed by atoms with E-state index in [0.29, 0.717) is 18.1 Å². The maximum Gasteiger partial charge on any atom is 0.214 e. The highest BCUT2D eigenvalue weighted by molar-refractivity contribution is 5.89. The van der Waals surface area contributed by atoms with Crippen LogP contribution in [0.5, 0.6) is 0 Å². The lowest BCUT2D eigenvalue weighted by atomic mass is 10.1. The van der Waals surface area contributed by atoms with E-state index in [4.69, 9.17) is 4.74 Å². The van der Waals surface area contributed by atoms with Gasteiger partial charge in [0.05, 0.1) is 5.54 Å². The number of aliphatic imine (C=N–C) groups is 1. The Morgan fingerprint density at radius 2 is 2.05 bits per heavy atom. The van der Waals surface area contributed by atoms with Gasteiger partial charge < -0.3 is 14.5 Å². The molecule has 2 heterocycles. The number of rotatable bonds is 2. The minimum atomic E-state index is -0.867. The smallest absolute Gasteiger partial charge is 0.214 e. The van der Waals surface area contributed by atoms with Gasteiger partial charge >= 0.3 is 0 Å². The fourth-order valence-corrected chi connectivity index (χ4v) is 2.67. The molecule has 0 spiro atoms. The highest BCUT2D eigenvalue weighted by Gasteiger charge is 2.38. The molecule has 0 unspecified atom stereocenters. The SMILES string of the molecule is CN1C2=CC(OCc3ccc(F)c(F)c3)=NCN2CC1(C)C. The first kappa shape index (κ1) is 14.8. The minimum Gasteiger partial charge on any atom is -0.473 e. The molecule has 0 aliphatic carbocycles. The van der Waals surface area contributed by atoms with E-state index in [0.717, 1.165) is 24.5 Å². The molecule has 1 saturated heterocycles. The van der Waals surface area contributed by atoms with E-state index in [-0.39, 0.29) is 12.1 Å². The third-order valence-electron chi connectivity index (χ3n) is 4.17. The largest absolute Gasteiger partial charge is 0.473 e. The van der Waals surface area contributed by atoms with Crippen LogP contribution in [0, 0.1) is 11.6 Å². The third kappa shape index (κ3) is 2.65. The molecule has 0 atom stereocenters. The first-order valence-electron chi connectivity index (χ1n) is 7.18. The molecule has 0 radical (unpaired) electrons. The summed E-state index contributed by atoms with van der Waals surface area (Å²) >= 11 is 0. The van der Waals surface area contributed by atoms with Crippen molar-refractivity contribution in [3.05, 3.63) is 47.3 Å². The predicted octanol–water partition coefficient (Wildman–Crippen LogP) is 2.72. The second kappa shape index (κ2) is 5.26. The zero-order chi connectivity index (χ0) is 15.9. The van der Waals surface area contributed by atoms with Gasteiger partial charge in [0.1, 0.15) is 19.1 Å². The quantitative estimate of drug-likeness (QED) is 0.841. The lowest BCUT2D eigenvalue weighted by molar-refractivity contribution is 0.261. The second-order valence-electron chi connectivity index (χ2n) is 6.25. The van der Waals surface area contributed by atoms with Gasteiger partial charge in [-0.15, -0.1) is 0 Å². The van der Waals surface area contributed by atoms with Crippen LogP contribution >= 0.6 is 0 Å². The zero-order valence-electron chi connectivity index (χ0n) is 12.9. The van der Waals surface area contributed by atoms with Crippen molar-refractivity contribution in [1.29, 1.82) is 0 Å². The van der Waals surface area contributed by atoms with Crippen LogP contribution in [0.1, 0.15) is 19.4 Å². The molecule has 2 aliphatic rings. The van der Waals surface area contributed by atoms with Crippen molar-refractivity contribution < 1.29 is 13.5 Å². The number of benzene rings is 1. The Balaban J connectivity index is 1.68. The molecule has 0 aromatic heterocycles. The van der Waals surface area contributed by atoms with Gasteiger partial charge in [-0.2, -0.15) is 0 Å². The molecule has 1 aromatic carbocycles. The zero-order valence-corrected chi connectivity index (χ0v) is 12.9. The van der Waals surface area contributed by atoms with E-state index >= 15 is 0 Å². The first-order chi connectivity index (χ1) is 10.4. The Morgan fingerprint density at radius 1 is 1.27 bits per heavy atom. The fraction of sp³-hybridized carbons (Fsp3) is 0.438. The van der Waals surface area contributed by atoms with Crippen molar-refractivity contribution in [2.24, 2.45) is 4.99 Å². The molecular formula is C16H19F2N3O. The van der Waals surface area contributed by atoms with Crippen LogP contribution < -0.4 is 0 Å². The summed E-state index contributed by atoms with van der Waals surface area (Å²) in [5, 5.41) is 0. The summed E-state index contributed by atoms with van der Waals surface area (Å²) in [4.78, 5) is 8.76. The topological polar surface area (TPSA) is 28.1 Å². The van der Waals surface area contributed by atoms with Gasteiger partial charge in [-0.25, -0.2) is 13.8 Å². The van der Waals surface area contributed by atoms with Crippen molar-refractivity contribution in [2.45, 2.75) is 26.0 Å². The van der Waals surface area contributed by atoms with Gasteiger partial charge in [-0.3, -0.25) is 0 Å². The molecule has 2 aliphatic heterocycles. The maximum absolute atomic E-state index is 13.2. The number of nitrogens with zero attached hydrogens (tertiary/aromatic N) is 3. The Kier molecular flexibility index (Phi) is 3.54. The maximum atomic E-state index is 13.2. The number of fused-ring (bicyclic) bond motifs is 1. The van der Waals surface area contributed by atoms with Crippen LogP contribution in [0.4, 0.5) is 8.78 Å². The summed E-state index contributed by atoms with van der Waals surface area (Å²) in [5.41, 5.74) is 0.624. The van der Waals surface area contributed by atoms with E-state index in [1.807, 2.05) is 13.1 Å². The summed E-state index contributed by atoms with van der Waals surface area (Å²) in [6, 6.07) is 3.75. The average molecular weight is 307 g/mol. The molecule has 0 bridgehead atoms. The Labute approximate surface area is 128 Å². The molecule has 22 heavy (non-hydrogen) atoms. The van der Waals surface area contributed by atoms with Gasteiger partial charge in [0.25, 0.3) is 0 Å². The van der Waals surface area contributed by atoms with Crippen molar-refractivity contribution >= 4 is 5.90 Å². The average Bonchev–Trinajstić information content (AvgIpc) is 2.70. The number of likely N-dealkylation sites (N-methyl/N-ethyl adjacent to an activating group) is 1. The molecule has 1 aromatic rings. The Bertz CT molecular complexity index is 655. The van der Waals surface area contributed by atoms with Crippen LogP contribution in [0.25, 0.3) is 0 Å². The van der Waals surface area contributed by atoms with Crippen molar-refractivity contribution in [1.82, 2.24) is 9.80 Å². The number of hydrogen-bond acceptors (Lipinski definition) is 4. The summed E-state index contributed by atoms with van der Waals surface area (Å²) in [6.07, 6.45) is 1.89. The van der Waals surface area contributed by atoms with Crippen molar-refractivity contribution in [3.63, 3.8) is 0 Å². The highest BCUT2D eigenvalue weighted by Crippen LogP contribution is 2.31. The predicted molar refractivity (Wildman–Crippen MR) is 80.1 cm³/mol. The van der Waals surface area contributed by atoms with E-state index in [1.54, 1.807) is 0 Å². The fourth-order valence-electron chi connectivity index (χ4n) is 2.67. The van der Waals surface area contributed by atoms with Gasteiger partial charge in [-0.1, -0.05) is 6.07 Å². The lowest BCUT2D eigenvalue weighted by Gasteiger charge is -2.28. The minimum absolute atomic E-state index is 0.0525. The third-order valence-corrected chi connectivity index (χ3v) is 4.17. The van der Waals surface area contributed by atoms with Gasteiger partial charge in [0.15, 0.2) is 11.6 Å². The second-order valence-corrected chi connectivity index (χ2v) is 6.25. The summed E-state index contributed by atoms with van der Waals surface area (Å²) < 4.78 is 31.7. The highest BCUT2D eigenvalue weighted by atomic mass is 19.2. The molecule has 118 valence electrons. The van der Waals surface area contributed by atoms with Crippen molar-refractivity contribution in [2.75, 3.05) is 20.3 Å². The molecule has 0 saturated carbocycles. The number of hydrogen-bond donors (Lipinski definition) is 0.